The molecule has 0 bridgehead atoms. The molecule has 1 nitrogen and oxygen atoms in total. The van der Waals surface area contributed by atoms with Crippen molar-refractivity contribution < 1.29 is 0 Å². The second kappa shape index (κ2) is 13.1. The minimum absolute atomic E-state index is 0.194. The SMILES string of the molecule is CC1=C(P(c2ccccc2)c2ccccc2)C([C@@H](c2ccccc2P(c2ccccc2)c2ccccc2)N(C)C)C=C1. The quantitative estimate of drug-likeness (QED) is 0.162. The van der Waals surface area contributed by atoms with Crippen molar-refractivity contribution in [3.05, 3.63) is 174 Å². The molecule has 0 heterocycles. The van der Waals surface area contributed by atoms with Gasteiger partial charge in [-0.25, -0.2) is 0 Å². The molecular weight excluding hydrogens is 544 g/mol. The van der Waals surface area contributed by atoms with E-state index in [1.54, 1.807) is 5.31 Å². The predicted octanol–water partition coefficient (Wildman–Crippen LogP) is 7.64. The monoisotopic (exact) mass is 581 g/mol. The van der Waals surface area contributed by atoms with E-state index in [2.05, 4.69) is 184 Å². The maximum atomic E-state index is 2.47. The van der Waals surface area contributed by atoms with E-state index in [0.29, 0.717) is 0 Å². The summed E-state index contributed by atoms with van der Waals surface area (Å²) in [6, 6.07) is 53.8. The van der Waals surface area contributed by atoms with Crippen molar-refractivity contribution in [2.75, 3.05) is 14.1 Å². The molecule has 5 aromatic carbocycles. The summed E-state index contributed by atoms with van der Waals surface area (Å²) in [7, 11) is 3.08. The first kappa shape index (κ1) is 28.5. The van der Waals surface area contributed by atoms with Crippen LogP contribution in [-0.2, 0) is 0 Å². The molecule has 42 heavy (non-hydrogen) atoms. The number of hydrogen-bond donors (Lipinski definition) is 0. The maximum Gasteiger partial charge on any atom is 0.0452 e. The summed E-state index contributed by atoms with van der Waals surface area (Å²) in [5.41, 5.74) is 2.82. The van der Waals surface area contributed by atoms with Gasteiger partial charge in [-0.1, -0.05) is 158 Å². The Hall–Kier alpha value is -3.60. The summed E-state index contributed by atoms with van der Waals surface area (Å²) in [5, 5.41) is 8.57. The molecule has 0 saturated carbocycles. The fourth-order valence-corrected chi connectivity index (χ4v) is 11.4. The summed E-state index contributed by atoms with van der Waals surface area (Å²) in [5.74, 6) is 0.260. The molecule has 3 heteroatoms. The van der Waals surface area contributed by atoms with Crippen molar-refractivity contribution in [1.82, 2.24) is 4.90 Å². The van der Waals surface area contributed by atoms with Crippen molar-refractivity contribution in [1.29, 1.82) is 0 Å². The van der Waals surface area contributed by atoms with Crippen molar-refractivity contribution in [2.45, 2.75) is 13.0 Å². The van der Waals surface area contributed by atoms with Gasteiger partial charge in [-0.2, -0.15) is 0 Å². The Morgan fingerprint density at radius 2 is 0.929 bits per heavy atom. The van der Waals surface area contributed by atoms with Crippen LogP contribution in [0.15, 0.2) is 169 Å². The second-order valence-corrected chi connectivity index (χ2v) is 15.3. The van der Waals surface area contributed by atoms with Gasteiger partial charge in [-0.05, 0) is 79.8 Å². The lowest BCUT2D eigenvalue weighted by Gasteiger charge is -2.37. The highest BCUT2D eigenvalue weighted by atomic mass is 31.1. The van der Waals surface area contributed by atoms with Crippen molar-refractivity contribution in [3.8, 4) is 0 Å². The predicted molar refractivity (Wildman–Crippen MR) is 186 cm³/mol. The average Bonchev–Trinajstić information content (AvgIpc) is 3.40. The van der Waals surface area contributed by atoms with Gasteiger partial charge in [-0.15, -0.1) is 0 Å². The van der Waals surface area contributed by atoms with Gasteiger partial charge in [0.25, 0.3) is 0 Å². The molecule has 0 aromatic heterocycles. The fraction of sp³-hybridized carbons (Fsp3) is 0.128. The number of benzene rings is 5. The first-order valence-corrected chi connectivity index (χ1v) is 17.3. The third-order valence-corrected chi connectivity index (χ3v) is 13.2. The zero-order valence-electron chi connectivity index (χ0n) is 24.5. The minimum atomic E-state index is -0.728. The molecular formula is C39H37NP2. The van der Waals surface area contributed by atoms with Crippen LogP contribution in [-0.4, -0.2) is 19.0 Å². The molecule has 5 aromatic rings. The van der Waals surface area contributed by atoms with Crippen molar-refractivity contribution >= 4 is 42.4 Å². The van der Waals surface area contributed by atoms with E-state index < -0.39 is 15.8 Å². The topological polar surface area (TPSA) is 3.24 Å². The van der Waals surface area contributed by atoms with E-state index in [0.717, 1.165) is 0 Å². The molecule has 0 amide bonds. The summed E-state index contributed by atoms with van der Waals surface area (Å²) >= 11 is 0. The van der Waals surface area contributed by atoms with Crippen LogP contribution in [0.1, 0.15) is 18.5 Å². The maximum absolute atomic E-state index is 2.47. The van der Waals surface area contributed by atoms with E-state index in [-0.39, 0.29) is 12.0 Å². The van der Waals surface area contributed by atoms with Crippen LogP contribution in [0.5, 0.6) is 0 Å². The lowest BCUT2D eigenvalue weighted by molar-refractivity contribution is 0.266. The molecule has 1 aliphatic rings. The summed E-state index contributed by atoms with van der Waals surface area (Å²) in [6.07, 6.45) is 4.85. The van der Waals surface area contributed by atoms with Crippen LogP contribution >= 0.6 is 15.8 Å². The minimum Gasteiger partial charge on any atom is -0.301 e. The van der Waals surface area contributed by atoms with Gasteiger partial charge >= 0.3 is 0 Å². The smallest absolute Gasteiger partial charge is 0.0452 e. The summed E-state index contributed by atoms with van der Waals surface area (Å²) in [6.45, 7) is 2.31. The Morgan fingerprint density at radius 1 is 0.524 bits per heavy atom. The van der Waals surface area contributed by atoms with Gasteiger partial charge in [0.1, 0.15) is 0 Å². The Morgan fingerprint density at radius 3 is 1.38 bits per heavy atom. The second-order valence-electron chi connectivity index (χ2n) is 10.9. The standard InChI is InChI=1S/C39H37NP2/c1-30-28-29-36(39(30)42(33-22-12-6-13-23-33)34-24-14-7-15-25-34)38(40(2)3)35-26-16-17-27-37(35)41(31-18-8-4-9-19-31)32-20-10-5-11-21-32/h4-29,36,38H,1-3H3/t36?,38-/m1/s1. The highest BCUT2D eigenvalue weighted by Gasteiger charge is 2.37. The van der Waals surface area contributed by atoms with Crippen LogP contribution in [0.3, 0.4) is 0 Å². The van der Waals surface area contributed by atoms with Gasteiger partial charge < -0.3 is 4.90 Å². The summed E-state index contributed by atoms with van der Waals surface area (Å²) in [4.78, 5) is 2.44. The van der Waals surface area contributed by atoms with E-state index in [4.69, 9.17) is 0 Å². The first-order chi connectivity index (χ1) is 20.6. The third-order valence-electron chi connectivity index (χ3n) is 7.96. The van der Waals surface area contributed by atoms with Gasteiger partial charge in [0.2, 0.25) is 0 Å². The Labute approximate surface area is 253 Å². The lowest BCUT2D eigenvalue weighted by Crippen LogP contribution is -2.33. The zero-order valence-corrected chi connectivity index (χ0v) is 26.3. The van der Waals surface area contributed by atoms with Crippen LogP contribution in [0, 0.1) is 5.92 Å². The molecule has 2 atom stereocenters. The molecule has 0 radical (unpaired) electrons. The average molecular weight is 582 g/mol. The Kier molecular flexibility index (Phi) is 8.92. The largest absolute Gasteiger partial charge is 0.301 e. The van der Waals surface area contributed by atoms with Crippen molar-refractivity contribution in [2.24, 2.45) is 5.92 Å². The van der Waals surface area contributed by atoms with Gasteiger partial charge in [0.15, 0.2) is 0 Å². The van der Waals surface area contributed by atoms with E-state index in [1.807, 2.05) is 0 Å². The molecule has 1 unspecified atom stereocenters. The molecule has 0 spiro atoms. The number of allylic oxidation sites excluding steroid dienone is 2. The first-order valence-electron chi connectivity index (χ1n) is 14.6. The highest BCUT2D eigenvalue weighted by Crippen LogP contribution is 2.55. The van der Waals surface area contributed by atoms with Gasteiger partial charge in [-0.3, -0.25) is 0 Å². The highest BCUT2D eigenvalue weighted by molar-refractivity contribution is 7.80. The van der Waals surface area contributed by atoms with Crippen LogP contribution in [0.25, 0.3) is 0 Å². The number of hydrogen-bond acceptors (Lipinski definition) is 1. The fourth-order valence-electron chi connectivity index (χ4n) is 6.16. The molecule has 1 aliphatic carbocycles. The van der Waals surface area contributed by atoms with E-state index in [1.165, 1.54) is 37.7 Å². The lowest BCUT2D eigenvalue weighted by atomic mass is 9.92. The van der Waals surface area contributed by atoms with Crippen molar-refractivity contribution in [3.63, 3.8) is 0 Å². The molecule has 0 N–H and O–H groups in total. The molecule has 0 fully saturated rings. The summed E-state index contributed by atoms with van der Waals surface area (Å²) < 4.78 is 0. The van der Waals surface area contributed by atoms with Gasteiger partial charge in [0, 0.05) is 12.0 Å². The van der Waals surface area contributed by atoms with Crippen LogP contribution in [0.2, 0.25) is 0 Å². The third kappa shape index (κ3) is 5.84. The Bertz CT molecular complexity index is 1580. The van der Waals surface area contributed by atoms with Crippen LogP contribution < -0.4 is 26.5 Å². The Balaban J connectivity index is 1.51. The van der Waals surface area contributed by atoms with Gasteiger partial charge in [0.05, 0.1) is 0 Å². The molecule has 6 rings (SSSR count). The number of rotatable bonds is 9. The normalized spacial score (nSPS) is 15.6. The van der Waals surface area contributed by atoms with E-state index >= 15 is 0 Å². The number of nitrogens with zero attached hydrogens (tertiary/aromatic N) is 1. The van der Waals surface area contributed by atoms with E-state index in [9.17, 15) is 0 Å². The van der Waals surface area contributed by atoms with Crippen LogP contribution in [0.4, 0.5) is 0 Å². The molecule has 0 aliphatic heterocycles. The molecule has 0 saturated heterocycles. The molecule has 208 valence electrons. The zero-order chi connectivity index (χ0) is 28.9.